The van der Waals surface area contributed by atoms with Crippen LogP contribution in [0.3, 0.4) is 0 Å². The van der Waals surface area contributed by atoms with Gasteiger partial charge in [0.2, 0.25) is 5.28 Å². The average Bonchev–Trinajstić information content (AvgIpc) is 2.57. The lowest BCUT2D eigenvalue weighted by Crippen LogP contribution is -2.17. The smallest absolute Gasteiger partial charge is 0.272 e. The highest BCUT2D eigenvalue weighted by molar-refractivity contribution is 14.1. The minimum absolute atomic E-state index is 0.134. The Labute approximate surface area is 169 Å². The molecule has 0 fully saturated rings. The summed E-state index contributed by atoms with van der Waals surface area (Å²) in [7, 11) is -3.03. The zero-order valence-electron chi connectivity index (χ0n) is 13.4. The van der Waals surface area contributed by atoms with E-state index in [0.29, 0.717) is 25.2 Å². The van der Waals surface area contributed by atoms with Crippen LogP contribution in [0.15, 0.2) is 29.3 Å². The molecule has 1 atom stereocenters. The molecule has 2 rings (SSSR count). The molecular weight excluding hydrogens is 495 g/mol. The number of nitrogens with zero attached hydrogens (tertiary/aromatic N) is 3. The molecule has 0 bridgehead atoms. The zero-order chi connectivity index (χ0) is 19.3. The van der Waals surface area contributed by atoms with Crippen LogP contribution in [0.2, 0.25) is 5.28 Å². The highest BCUT2D eigenvalue weighted by atomic mass is 127. The number of hydrogen-bond donors (Lipinski definition) is 3. The molecule has 9 nitrogen and oxygen atoms in total. The molecule has 5 N–H and O–H groups in total. The number of nitro groups is 1. The topological polar surface area (TPSA) is 150 Å². The zero-order valence-corrected chi connectivity index (χ0v) is 17.1. The highest BCUT2D eigenvalue weighted by Gasteiger charge is 2.13. The summed E-state index contributed by atoms with van der Waals surface area (Å²) in [4.78, 5) is 18.4. The molecule has 2 aromatic rings. The predicted molar refractivity (Wildman–Crippen MR) is 112 cm³/mol. The van der Waals surface area contributed by atoms with Gasteiger partial charge in [-0.15, -0.1) is 0 Å². The van der Waals surface area contributed by atoms with Gasteiger partial charge in [0.15, 0.2) is 0 Å². The van der Waals surface area contributed by atoms with E-state index < -0.39 is 14.6 Å². The molecule has 140 valence electrons. The number of benzene rings is 1. The van der Waals surface area contributed by atoms with E-state index >= 15 is 0 Å². The highest BCUT2D eigenvalue weighted by Crippen LogP contribution is 2.21. The van der Waals surface area contributed by atoms with Gasteiger partial charge in [-0.25, -0.2) is 9.19 Å². The number of unbranched alkanes of at least 4 members (excludes halogenated alkanes) is 1. The Balaban J connectivity index is 2.02. The third-order valence-electron chi connectivity index (χ3n) is 3.25. The monoisotopic (exact) mass is 510 g/mol. The van der Waals surface area contributed by atoms with E-state index in [1.54, 1.807) is 6.20 Å². The Morgan fingerprint density at radius 3 is 2.85 bits per heavy atom. The lowest BCUT2D eigenvalue weighted by atomic mass is 10.3. The van der Waals surface area contributed by atoms with Crippen molar-refractivity contribution in [2.75, 3.05) is 17.6 Å². The van der Waals surface area contributed by atoms with Crippen LogP contribution in [0.1, 0.15) is 12.8 Å². The van der Waals surface area contributed by atoms with E-state index in [4.69, 9.17) is 22.5 Å². The molecule has 1 unspecified atom stereocenters. The van der Waals surface area contributed by atoms with Crippen LogP contribution in [-0.4, -0.2) is 31.0 Å². The fraction of sp³-hybridized carbons (Fsp3) is 0.214. The summed E-state index contributed by atoms with van der Waals surface area (Å²) in [5.41, 5.74) is 5.52. The van der Waals surface area contributed by atoms with E-state index in [-0.39, 0.29) is 21.6 Å². The maximum absolute atomic E-state index is 12.6. The first-order valence-corrected chi connectivity index (χ1v) is 10.5. The second-order valence-corrected chi connectivity index (χ2v) is 8.84. The summed E-state index contributed by atoms with van der Waals surface area (Å²) in [5, 5.41) is 21.4. The number of anilines is 2. The molecule has 0 spiro atoms. The minimum Gasteiger partial charge on any atom is -0.398 e. The molecule has 1 heterocycles. The fourth-order valence-electron chi connectivity index (χ4n) is 2.03. The second-order valence-electron chi connectivity index (χ2n) is 5.24. The number of halogens is 2. The van der Waals surface area contributed by atoms with Gasteiger partial charge in [0.25, 0.3) is 5.69 Å². The standard InChI is InChI=1S/C14H16ClIN6O3S/c15-14-20-8-12(16)13(21-14)19-3-1-2-4-26(18,25)11-6-9(17)5-10(7-11)22(23)24/h4-8H,1-3,17H2,(H2,18,25)(H,19,20,21). The second kappa shape index (κ2) is 8.79. The third-order valence-corrected chi connectivity index (χ3v) is 5.92. The number of nitrogens with two attached hydrogens (primary N) is 2. The van der Waals surface area contributed by atoms with Crippen molar-refractivity contribution >= 4 is 66.5 Å². The summed E-state index contributed by atoms with van der Waals surface area (Å²) in [6.07, 6.45) is 2.65. The first-order valence-electron chi connectivity index (χ1n) is 7.31. The van der Waals surface area contributed by atoms with Crippen LogP contribution in [-0.2, 0) is 9.71 Å². The number of nitro benzene ring substituents is 1. The Hall–Kier alpha value is -1.70. The number of aromatic nitrogens is 2. The molecule has 0 aliphatic heterocycles. The largest absolute Gasteiger partial charge is 0.398 e. The molecule has 0 saturated heterocycles. The Bertz CT molecular complexity index is 948. The van der Waals surface area contributed by atoms with Crippen molar-refractivity contribution in [3.05, 3.63) is 43.4 Å². The number of nitrogen functional groups attached to an aromatic ring is 1. The molecule has 1 aromatic carbocycles. The van der Waals surface area contributed by atoms with Crippen LogP contribution in [0.25, 0.3) is 0 Å². The first-order chi connectivity index (χ1) is 12.2. The van der Waals surface area contributed by atoms with E-state index in [2.05, 4.69) is 37.9 Å². The maximum Gasteiger partial charge on any atom is 0.272 e. The molecule has 0 aliphatic rings. The maximum atomic E-state index is 12.6. The molecule has 0 radical (unpaired) electrons. The van der Waals surface area contributed by atoms with E-state index in [9.17, 15) is 14.3 Å². The number of hydrogen-bond acceptors (Lipinski definition) is 7. The predicted octanol–water partition coefficient (Wildman–Crippen LogP) is 2.44. The summed E-state index contributed by atoms with van der Waals surface area (Å²) >= 11 is 7.83. The van der Waals surface area contributed by atoms with Crippen LogP contribution >= 0.6 is 34.2 Å². The van der Waals surface area contributed by atoms with Gasteiger partial charge in [-0.05, 0) is 58.5 Å². The van der Waals surface area contributed by atoms with Crippen LogP contribution in [0.5, 0.6) is 0 Å². The minimum atomic E-state index is -3.03. The summed E-state index contributed by atoms with van der Waals surface area (Å²) in [6, 6.07) is 3.76. The van der Waals surface area contributed by atoms with Gasteiger partial charge in [-0.1, -0.05) is 0 Å². The molecule has 1 aromatic heterocycles. The van der Waals surface area contributed by atoms with Gasteiger partial charge < -0.3 is 11.1 Å². The van der Waals surface area contributed by atoms with Crippen molar-refractivity contribution in [3.63, 3.8) is 0 Å². The van der Waals surface area contributed by atoms with E-state index in [0.717, 1.165) is 3.57 Å². The molecule has 26 heavy (non-hydrogen) atoms. The van der Waals surface area contributed by atoms with Gasteiger partial charge in [0.1, 0.15) is 5.82 Å². The molecule has 0 saturated carbocycles. The van der Waals surface area contributed by atoms with Gasteiger partial charge in [-0.2, -0.15) is 4.98 Å². The van der Waals surface area contributed by atoms with Crippen LogP contribution in [0, 0.1) is 13.7 Å². The number of nitrogens with one attached hydrogen (secondary N) is 1. The lowest BCUT2D eigenvalue weighted by molar-refractivity contribution is -0.385. The van der Waals surface area contributed by atoms with E-state index in [1.165, 1.54) is 23.6 Å². The van der Waals surface area contributed by atoms with Crippen molar-refractivity contribution < 1.29 is 9.13 Å². The van der Waals surface area contributed by atoms with Gasteiger partial charge in [-0.3, -0.25) is 15.3 Å². The molecule has 0 amide bonds. The fourth-order valence-corrected chi connectivity index (χ4v) is 3.95. The van der Waals surface area contributed by atoms with Gasteiger partial charge in [0.05, 0.1) is 23.1 Å². The van der Waals surface area contributed by atoms with Crippen LogP contribution in [0.4, 0.5) is 17.2 Å². The van der Waals surface area contributed by atoms with Gasteiger partial charge in [0, 0.05) is 30.6 Å². The third kappa shape index (κ3) is 5.65. The SMILES string of the molecule is Nc1cc([N+](=O)[O-])cc(S(N)(=O)=CCCCNc2nc(Cl)ncc2I)c1. The van der Waals surface area contributed by atoms with Crippen molar-refractivity contribution in [1.29, 1.82) is 0 Å². The van der Waals surface area contributed by atoms with Crippen molar-refractivity contribution in [2.45, 2.75) is 17.7 Å². The molecular formula is C14H16ClIN6O3S. The van der Waals surface area contributed by atoms with Crippen LogP contribution < -0.4 is 16.2 Å². The molecule has 12 heteroatoms. The van der Waals surface area contributed by atoms with E-state index in [1.807, 2.05) is 0 Å². The normalized spacial score (nSPS) is 13.0. The molecule has 0 aliphatic carbocycles. The first kappa shape index (κ1) is 20.6. The summed E-state index contributed by atoms with van der Waals surface area (Å²) in [6.45, 7) is 0.548. The Morgan fingerprint density at radius 1 is 1.42 bits per heavy atom. The van der Waals surface area contributed by atoms with Crippen molar-refractivity contribution in [2.24, 2.45) is 5.14 Å². The average molecular weight is 511 g/mol. The quantitative estimate of drug-likeness (QED) is 0.0984. The number of non-ortho nitro benzene ring substituents is 1. The Kier molecular flexibility index (Phi) is 6.97. The Morgan fingerprint density at radius 2 is 2.15 bits per heavy atom. The number of rotatable bonds is 7. The lowest BCUT2D eigenvalue weighted by Gasteiger charge is -2.08. The van der Waals surface area contributed by atoms with Crippen molar-refractivity contribution in [1.82, 2.24) is 9.97 Å². The summed E-state index contributed by atoms with van der Waals surface area (Å²) < 4.78 is 13.5. The van der Waals surface area contributed by atoms with Gasteiger partial charge >= 0.3 is 0 Å². The summed E-state index contributed by atoms with van der Waals surface area (Å²) in [5.74, 6) is 0.616. The van der Waals surface area contributed by atoms with Crippen molar-refractivity contribution in [3.8, 4) is 0 Å².